The molecule has 1 saturated heterocycles. The summed E-state index contributed by atoms with van der Waals surface area (Å²) in [5.74, 6) is 1.27. The molecular weight excluding hydrogens is 348 g/mol. The maximum Gasteiger partial charge on any atom is 0.129 e. The van der Waals surface area contributed by atoms with E-state index in [-0.39, 0.29) is 0 Å². The number of halogens is 1. The summed E-state index contributed by atoms with van der Waals surface area (Å²) in [6.07, 6.45) is 10.5. The van der Waals surface area contributed by atoms with Crippen molar-refractivity contribution in [2.45, 2.75) is 31.6 Å². The molecule has 26 heavy (non-hydrogen) atoms. The molecule has 0 atom stereocenters. The van der Waals surface area contributed by atoms with Crippen LogP contribution in [0.25, 0.3) is 17.5 Å². The Hall–Kier alpha value is -2.04. The molecule has 1 fully saturated rings. The fourth-order valence-electron chi connectivity index (χ4n) is 3.69. The number of hydrogen-bond donors (Lipinski definition) is 0. The Morgan fingerprint density at radius 3 is 2.65 bits per heavy atom. The van der Waals surface area contributed by atoms with Crippen LogP contribution in [0.15, 0.2) is 36.4 Å². The van der Waals surface area contributed by atoms with Crippen LogP contribution >= 0.6 is 11.6 Å². The van der Waals surface area contributed by atoms with Gasteiger partial charge in [-0.3, -0.25) is 0 Å². The number of allylic oxidation sites excluding steroid dienone is 1. The molecule has 0 saturated carbocycles. The number of benzene rings is 1. The first-order valence-corrected chi connectivity index (χ1v) is 9.53. The third-order valence-electron chi connectivity index (χ3n) is 5.03. The Bertz CT molecular complexity index is 922. The van der Waals surface area contributed by atoms with E-state index < -0.39 is 0 Å². The summed E-state index contributed by atoms with van der Waals surface area (Å²) in [6.45, 7) is 1.57. The molecule has 4 nitrogen and oxygen atoms in total. The van der Waals surface area contributed by atoms with Crippen molar-refractivity contribution in [1.82, 2.24) is 9.78 Å². The molecule has 5 heteroatoms. The zero-order valence-electron chi connectivity index (χ0n) is 15.0. The number of fused-ring (bicyclic) bond motifs is 1. The van der Waals surface area contributed by atoms with Crippen molar-refractivity contribution in [3.8, 4) is 5.69 Å². The third kappa shape index (κ3) is 3.31. The van der Waals surface area contributed by atoms with Gasteiger partial charge >= 0.3 is 0 Å². The number of nitrogens with zero attached hydrogens (tertiary/aromatic N) is 2. The summed E-state index contributed by atoms with van der Waals surface area (Å²) in [6, 6.07) is 7.84. The summed E-state index contributed by atoms with van der Waals surface area (Å²) in [7, 11) is 1.73. The van der Waals surface area contributed by atoms with Crippen LogP contribution < -0.4 is 10.6 Å². The van der Waals surface area contributed by atoms with E-state index in [4.69, 9.17) is 26.2 Å². The maximum absolute atomic E-state index is 6.08. The number of methoxy groups -OCH3 is 1. The van der Waals surface area contributed by atoms with Gasteiger partial charge in [-0.05, 0) is 56.0 Å². The van der Waals surface area contributed by atoms with Crippen molar-refractivity contribution in [1.29, 1.82) is 0 Å². The van der Waals surface area contributed by atoms with Crippen LogP contribution in [0.4, 0.5) is 0 Å². The highest BCUT2D eigenvalue weighted by atomic mass is 35.5. The van der Waals surface area contributed by atoms with Crippen molar-refractivity contribution in [3.05, 3.63) is 57.7 Å². The van der Waals surface area contributed by atoms with Gasteiger partial charge in [0.15, 0.2) is 0 Å². The highest BCUT2D eigenvalue weighted by Crippen LogP contribution is 2.24. The molecule has 4 rings (SSSR count). The van der Waals surface area contributed by atoms with Crippen LogP contribution in [0, 0.1) is 0 Å². The van der Waals surface area contributed by atoms with Crippen LogP contribution in [-0.4, -0.2) is 30.1 Å². The molecule has 136 valence electrons. The number of aromatic nitrogens is 2. The zero-order valence-corrected chi connectivity index (χ0v) is 15.7. The molecule has 0 N–H and O–H groups in total. The molecule has 0 spiro atoms. The third-order valence-corrected chi connectivity index (χ3v) is 5.29. The van der Waals surface area contributed by atoms with Crippen molar-refractivity contribution < 1.29 is 9.47 Å². The SMILES string of the molecule is COC1=c2c(C3CCOCC3)nn(-c3ccc(Cl)cc3)c2=CCCC=C1. The molecule has 1 aliphatic heterocycles. The molecule has 1 aromatic heterocycles. The second-order valence-electron chi connectivity index (χ2n) is 6.67. The van der Waals surface area contributed by atoms with E-state index in [0.717, 1.165) is 71.6 Å². The van der Waals surface area contributed by atoms with E-state index in [2.05, 4.69) is 18.2 Å². The Morgan fingerprint density at radius 2 is 1.92 bits per heavy atom. The average Bonchev–Trinajstić information content (AvgIpc) is 3.02. The van der Waals surface area contributed by atoms with Gasteiger partial charge < -0.3 is 9.47 Å². The van der Waals surface area contributed by atoms with Crippen molar-refractivity contribution in [2.75, 3.05) is 20.3 Å². The molecular formula is C21H23ClN2O2. The largest absolute Gasteiger partial charge is 0.496 e. The lowest BCUT2D eigenvalue weighted by atomic mass is 9.94. The average molecular weight is 371 g/mol. The van der Waals surface area contributed by atoms with E-state index in [0.29, 0.717) is 5.92 Å². The van der Waals surface area contributed by atoms with Crippen molar-refractivity contribution >= 4 is 23.4 Å². The zero-order chi connectivity index (χ0) is 17.9. The van der Waals surface area contributed by atoms with Gasteiger partial charge in [-0.1, -0.05) is 23.8 Å². The lowest BCUT2D eigenvalue weighted by molar-refractivity contribution is 0.0842. The lowest BCUT2D eigenvalue weighted by Crippen LogP contribution is -2.33. The second kappa shape index (κ2) is 7.68. The first kappa shape index (κ1) is 17.4. The highest BCUT2D eigenvalue weighted by Gasteiger charge is 2.23. The predicted octanol–water partition coefficient (Wildman–Crippen LogP) is 3.30. The quantitative estimate of drug-likeness (QED) is 0.831. The van der Waals surface area contributed by atoms with Crippen LogP contribution in [0.2, 0.25) is 5.02 Å². The smallest absolute Gasteiger partial charge is 0.129 e. The van der Waals surface area contributed by atoms with Gasteiger partial charge in [0.25, 0.3) is 0 Å². The summed E-state index contributed by atoms with van der Waals surface area (Å²) >= 11 is 6.08. The first-order chi connectivity index (χ1) is 12.8. The van der Waals surface area contributed by atoms with Crippen LogP contribution in [-0.2, 0) is 9.47 Å². The van der Waals surface area contributed by atoms with E-state index in [1.54, 1.807) is 7.11 Å². The molecule has 2 heterocycles. The summed E-state index contributed by atoms with van der Waals surface area (Å²) in [4.78, 5) is 0. The van der Waals surface area contributed by atoms with Gasteiger partial charge in [0, 0.05) is 24.2 Å². The Labute approximate surface area is 158 Å². The van der Waals surface area contributed by atoms with Gasteiger partial charge in [0.1, 0.15) is 5.76 Å². The molecule has 2 aromatic rings. The van der Waals surface area contributed by atoms with Crippen molar-refractivity contribution in [2.24, 2.45) is 0 Å². The van der Waals surface area contributed by atoms with Crippen molar-refractivity contribution in [3.63, 3.8) is 0 Å². The molecule has 0 bridgehead atoms. The minimum absolute atomic E-state index is 0.387. The predicted molar refractivity (Wildman–Crippen MR) is 104 cm³/mol. The van der Waals surface area contributed by atoms with Crippen LogP contribution in [0.5, 0.6) is 0 Å². The monoisotopic (exact) mass is 370 g/mol. The summed E-state index contributed by atoms with van der Waals surface area (Å²) in [5.41, 5.74) is 2.12. The lowest BCUT2D eigenvalue weighted by Gasteiger charge is -2.20. The van der Waals surface area contributed by atoms with E-state index in [1.807, 2.05) is 28.9 Å². The maximum atomic E-state index is 6.08. The van der Waals surface area contributed by atoms with Gasteiger partial charge in [-0.15, -0.1) is 0 Å². The minimum atomic E-state index is 0.387. The van der Waals surface area contributed by atoms with Gasteiger partial charge in [-0.25, -0.2) is 4.68 Å². The first-order valence-electron chi connectivity index (χ1n) is 9.15. The normalized spacial score (nSPS) is 18.0. The Balaban J connectivity index is 1.99. The highest BCUT2D eigenvalue weighted by molar-refractivity contribution is 6.30. The van der Waals surface area contributed by atoms with Crippen LogP contribution in [0.3, 0.4) is 0 Å². The fraction of sp³-hybridized carbons (Fsp3) is 0.381. The van der Waals surface area contributed by atoms with Crippen LogP contribution in [0.1, 0.15) is 37.3 Å². The molecule has 0 unspecified atom stereocenters. The van der Waals surface area contributed by atoms with Gasteiger partial charge in [0.2, 0.25) is 0 Å². The molecule has 1 aliphatic carbocycles. The fourth-order valence-corrected chi connectivity index (χ4v) is 3.81. The number of rotatable bonds is 3. The Morgan fingerprint density at radius 1 is 1.15 bits per heavy atom. The standard InChI is InChI=1S/C21H23ClN2O2/c1-25-19-6-4-2-3-5-18-20(19)21(15-11-13-26-14-12-15)23-24(18)17-9-7-16(22)8-10-17/h4-10,15H,2-3,11-14H2,1H3. The van der Waals surface area contributed by atoms with E-state index in [1.165, 1.54) is 0 Å². The number of ether oxygens (including phenoxy) is 2. The van der Waals surface area contributed by atoms with E-state index >= 15 is 0 Å². The topological polar surface area (TPSA) is 36.3 Å². The minimum Gasteiger partial charge on any atom is -0.496 e. The number of hydrogen-bond acceptors (Lipinski definition) is 3. The van der Waals surface area contributed by atoms with Gasteiger partial charge in [-0.2, -0.15) is 5.10 Å². The molecule has 0 amide bonds. The summed E-state index contributed by atoms with van der Waals surface area (Å²) in [5, 5.41) is 8.00. The Kier molecular flexibility index (Phi) is 5.14. The summed E-state index contributed by atoms with van der Waals surface area (Å²) < 4.78 is 13.4. The molecule has 0 radical (unpaired) electrons. The van der Waals surface area contributed by atoms with Gasteiger partial charge in [0.05, 0.1) is 29.1 Å². The second-order valence-corrected chi connectivity index (χ2v) is 7.11. The molecule has 1 aromatic carbocycles. The van der Waals surface area contributed by atoms with E-state index in [9.17, 15) is 0 Å². The molecule has 2 aliphatic rings.